The highest BCUT2D eigenvalue weighted by Gasteiger charge is 2.40. The van der Waals surface area contributed by atoms with Crippen LogP contribution in [0.3, 0.4) is 0 Å². The predicted molar refractivity (Wildman–Crippen MR) is 109 cm³/mol. The van der Waals surface area contributed by atoms with Gasteiger partial charge in [-0.15, -0.1) is 0 Å². The lowest BCUT2D eigenvalue weighted by Gasteiger charge is -2.30. The van der Waals surface area contributed by atoms with E-state index in [0.717, 1.165) is 19.3 Å². The van der Waals surface area contributed by atoms with E-state index in [-0.39, 0.29) is 41.7 Å². The highest BCUT2D eigenvalue weighted by Crippen LogP contribution is 2.25. The average Bonchev–Trinajstić information content (AvgIpc) is 3.23. The van der Waals surface area contributed by atoms with Gasteiger partial charge in [-0.2, -0.15) is 0 Å². The monoisotopic (exact) mass is 406 g/mol. The molecule has 2 atom stereocenters. The Kier molecular flexibility index (Phi) is 6.75. The average molecular weight is 407 g/mol. The van der Waals surface area contributed by atoms with E-state index in [0.29, 0.717) is 26.1 Å². The summed E-state index contributed by atoms with van der Waals surface area (Å²) in [4.78, 5) is 29.1. The number of rotatable bonds is 8. The van der Waals surface area contributed by atoms with Crippen molar-refractivity contribution < 1.29 is 18.0 Å². The van der Waals surface area contributed by atoms with Crippen LogP contribution < -0.4 is 0 Å². The number of hydrogen-bond acceptors (Lipinski definition) is 4. The fraction of sp³-hybridized carbons (Fsp3) is 0.619. The summed E-state index contributed by atoms with van der Waals surface area (Å²) in [5, 5.41) is 0. The molecule has 0 N–H and O–H groups in total. The van der Waals surface area contributed by atoms with Crippen molar-refractivity contribution in [3.8, 4) is 0 Å². The number of hydrogen-bond donors (Lipinski definition) is 0. The van der Waals surface area contributed by atoms with Gasteiger partial charge in [0.15, 0.2) is 9.84 Å². The molecule has 2 fully saturated rings. The van der Waals surface area contributed by atoms with Gasteiger partial charge < -0.3 is 9.80 Å². The van der Waals surface area contributed by atoms with Crippen LogP contribution in [-0.4, -0.2) is 67.2 Å². The molecule has 3 rings (SSSR count). The Morgan fingerprint density at radius 2 is 2.00 bits per heavy atom. The highest BCUT2D eigenvalue weighted by molar-refractivity contribution is 7.91. The van der Waals surface area contributed by atoms with E-state index >= 15 is 0 Å². The lowest BCUT2D eigenvalue weighted by molar-refractivity contribution is -0.137. The Labute approximate surface area is 167 Å². The van der Waals surface area contributed by atoms with E-state index in [9.17, 15) is 18.0 Å². The number of nitrogens with zero attached hydrogens (tertiary/aromatic N) is 2. The molecule has 2 aliphatic heterocycles. The van der Waals surface area contributed by atoms with Crippen LogP contribution in [0.1, 0.15) is 38.2 Å². The maximum Gasteiger partial charge on any atom is 0.228 e. The summed E-state index contributed by atoms with van der Waals surface area (Å²) >= 11 is 0. The highest BCUT2D eigenvalue weighted by atomic mass is 32.2. The Bertz CT molecular complexity index is 794. The maximum absolute atomic E-state index is 13.2. The molecule has 7 heteroatoms. The van der Waals surface area contributed by atoms with Crippen molar-refractivity contribution in [1.82, 2.24) is 9.80 Å². The first kappa shape index (κ1) is 20.8. The van der Waals surface area contributed by atoms with Crippen LogP contribution in [-0.2, 0) is 25.8 Å². The van der Waals surface area contributed by atoms with E-state index in [1.54, 1.807) is 9.80 Å². The predicted octanol–water partition coefficient (Wildman–Crippen LogP) is 1.89. The molecule has 0 saturated carbocycles. The number of unbranched alkanes of at least 4 members (excludes halogenated alkanes) is 1. The lowest BCUT2D eigenvalue weighted by Crippen LogP contribution is -2.45. The van der Waals surface area contributed by atoms with Gasteiger partial charge in [0.2, 0.25) is 11.8 Å². The zero-order valence-corrected chi connectivity index (χ0v) is 17.4. The fourth-order valence-electron chi connectivity index (χ4n) is 4.12. The first-order valence-corrected chi connectivity index (χ1v) is 12.0. The van der Waals surface area contributed by atoms with Gasteiger partial charge in [-0.25, -0.2) is 8.42 Å². The normalized spacial score (nSPS) is 23.9. The third-order valence-corrected chi connectivity index (χ3v) is 7.51. The van der Waals surface area contributed by atoms with Crippen LogP contribution in [0, 0.1) is 5.92 Å². The van der Waals surface area contributed by atoms with Crippen LogP contribution in [0.2, 0.25) is 0 Å². The zero-order valence-electron chi connectivity index (χ0n) is 16.5. The molecule has 154 valence electrons. The van der Waals surface area contributed by atoms with Crippen LogP contribution >= 0.6 is 0 Å². The molecule has 0 radical (unpaired) electrons. The molecule has 2 unspecified atom stereocenters. The van der Waals surface area contributed by atoms with Crippen molar-refractivity contribution in [2.75, 3.05) is 31.1 Å². The van der Waals surface area contributed by atoms with E-state index in [4.69, 9.17) is 0 Å². The molecule has 2 heterocycles. The summed E-state index contributed by atoms with van der Waals surface area (Å²) in [6, 6.07) is 9.76. The summed E-state index contributed by atoms with van der Waals surface area (Å²) in [6.45, 7) is 3.68. The van der Waals surface area contributed by atoms with Crippen molar-refractivity contribution in [3.63, 3.8) is 0 Å². The molecular formula is C21H30N2O4S. The molecule has 0 spiro atoms. The third-order valence-electron chi connectivity index (χ3n) is 5.76. The second-order valence-corrected chi connectivity index (χ2v) is 10.1. The summed E-state index contributed by atoms with van der Waals surface area (Å²) in [7, 11) is -3.05. The maximum atomic E-state index is 13.2. The van der Waals surface area contributed by atoms with Crippen LogP contribution in [0.5, 0.6) is 0 Å². The largest absolute Gasteiger partial charge is 0.342 e. The van der Waals surface area contributed by atoms with E-state index in [2.05, 4.69) is 6.92 Å². The minimum absolute atomic E-state index is 0.0174. The van der Waals surface area contributed by atoms with Crippen molar-refractivity contribution in [1.29, 1.82) is 0 Å². The summed E-state index contributed by atoms with van der Waals surface area (Å²) in [5.74, 6) is -0.181. The molecule has 6 nitrogen and oxygen atoms in total. The fourth-order valence-corrected chi connectivity index (χ4v) is 5.85. The van der Waals surface area contributed by atoms with E-state index < -0.39 is 9.84 Å². The number of likely N-dealkylation sites (tertiary alicyclic amines) is 1. The molecule has 2 aliphatic rings. The Balaban J connectivity index is 1.62. The molecule has 1 aromatic carbocycles. The second-order valence-electron chi connectivity index (χ2n) is 7.92. The van der Waals surface area contributed by atoms with Crippen molar-refractivity contribution in [2.24, 2.45) is 5.92 Å². The molecule has 2 saturated heterocycles. The molecule has 1 aromatic rings. The minimum atomic E-state index is -3.05. The topological polar surface area (TPSA) is 74.8 Å². The number of amides is 2. The van der Waals surface area contributed by atoms with E-state index in [1.807, 2.05) is 30.3 Å². The Morgan fingerprint density at radius 1 is 1.25 bits per heavy atom. The van der Waals surface area contributed by atoms with Gasteiger partial charge in [0.25, 0.3) is 0 Å². The molecule has 28 heavy (non-hydrogen) atoms. The van der Waals surface area contributed by atoms with Crippen molar-refractivity contribution >= 4 is 21.7 Å². The summed E-state index contributed by atoms with van der Waals surface area (Å²) in [6.07, 6.45) is 3.30. The number of carbonyl (C=O) groups is 2. The number of benzene rings is 1. The van der Waals surface area contributed by atoms with Gasteiger partial charge in [-0.05, 0) is 24.8 Å². The molecule has 0 bridgehead atoms. The lowest BCUT2D eigenvalue weighted by atomic mass is 10.0. The van der Waals surface area contributed by atoms with Crippen molar-refractivity contribution in [2.45, 2.75) is 45.1 Å². The van der Waals surface area contributed by atoms with Gasteiger partial charge >= 0.3 is 0 Å². The molecule has 0 aliphatic carbocycles. The van der Waals surface area contributed by atoms with Gasteiger partial charge in [-0.1, -0.05) is 43.7 Å². The first-order chi connectivity index (χ1) is 13.4. The van der Waals surface area contributed by atoms with Crippen molar-refractivity contribution in [3.05, 3.63) is 35.9 Å². The van der Waals surface area contributed by atoms with E-state index in [1.165, 1.54) is 5.56 Å². The smallest absolute Gasteiger partial charge is 0.228 e. The second kappa shape index (κ2) is 9.07. The molecule has 0 aromatic heterocycles. The Hall–Kier alpha value is -1.89. The van der Waals surface area contributed by atoms with Gasteiger partial charge in [0, 0.05) is 32.1 Å². The van der Waals surface area contributed by atoms with Gasteiger partial charge in [-0.3, -0.25) is 9.59 Å². The summed E-state index contributed by atoms with van der Waals surface area (Å²) in [5.41, 5.74) is 1.17. The number of sulfone groups is 1. The first-order valence-electron chi connectivity index (χ1n) is 10.2. The van der Waals surface area contributed by atoms with Crippen LogP contribution in [0.4, 0.5) is 0 Å². The van der Waals surface area contributed by atoms with Crippen LogP contribution in [0.15, 0.2) is 30.3 Å². The summed E-state index contributed by atoms with van der Waals surface area (Å²) < 4.78 is 23.8. The van der Waals surface area contributed by atoms with Crippen LogP contribution in [0.25, 0.3) is 0 Å². The van der Waals surface area contributed by atoms with Gasteiger partial charge in [0.05, 0.1) is 17.4 Å². The zero-order chi connectivity index (χ0) is 20.1. The minimum Gasteiger partial charge on any atom is -0.342 e. The standard InChI is InChI=1S/C21H30N2O4S/c1-2-3-11-23(19-10-13-28(26,27)16-19)21(25)18-14-20(24)22(15-18)12-9-17-7-5-4-6-8-17/h4-8,18-19H,2-3,9-16H2,1H3. The van der Waals surface area contributed by atoms with Gasteiger partial charge in [0.1, 0.15) is 0 Å². The number of carbonyl (C=O) groups excluding carboxylic acids is 2. The quantitative estimate of drug-likeness (QED) is 0.661. The molecular weight excluding hydrogens is 376 g/mol. The third kappa shape index (κ3) is 5.13. The molecule has 2 amide bonds. The SMILES string of the molecule is CCCCN(C(=O)C1CC(=O)N(CCc2ccccc2)C1)C1CCS(=O)(=O)C1. The Morgan fingerprint density at radius 3 is 2.64 bits per heavy atom.